The molecule has 1 unspecified atom stereocenters. The number of allylic oxidation sites excluding steroid dienone is 1. The molecule has 9 nitrogen and oxygen atoms in total. The van der Waals surface area contributed by atoms with Gasteiger partial charge >= 0.3 is 0 Å². The number of aromatic nitrogens is 1. The number of anilines is 1. The van der Waals surface area contributed by atoms with E-state index in [1.807, 2.05) is 29.8 Å². The van der Waals surface area contributed by atoms with E-state index in [9.17, 15) is 25.4 Å². The van der Waals surface area contributed by atoms with E-state index < -0.39 is 36.4 Å². The number of fused-ring (bicyclic) bond motifs is 1. The molecular weight excluding hydrogens is 508 g/mol. The van der Waals surface area contributed by atoms with Crippen LogP contribution in [0, 0.1) is 17.2 Å². The van der Waals surface area contributed by atoms with E-state index in [0.29, 0.717) is 11.3 Å². The highest BCUT2D eigenvalue weighted by molar-refractivity contribution is 6.04. The van der Waals surface area contributed by atoms with E-state index in [-0.39, 0.29) is 12.1 Å². The summed E-state index contributed by atoms with van der Waals surface area (Å²) in [5.41, 5.74) is 4.29. The molecule has 3 aromatic rings. The van der Waals surface area contributed by atoms with Gasteiger partial charge in [-0.3, -0.25) is 4.79 Å². The van der Waals surface area contributed by atoms with Gasteiger partial charge in [-0.1, -0.05) is 25.1 Å². The van der Waals surface area contributed by atoms with Crippen LogP contribution >= 0.6 is 0 Å². The van der Waals surface area contributed by atoms with Gasteiger partial charge in [0.05, 0.1) is 6.10 Å². The highest BCUT2D eigenvalue weighted by Crippen LogP contribution is 2.31. The van der Waals surface area contributed by atoms with Crippen LogP contribution in [0.1, 0.15) is 33.4 Å². The topological polar surface area (TPSA) is 131 Å². The lowest BCUT2D eigenvalue weighted by molar-refractivity contribution is -0.258. The van der Waals surface area contributed by atoms with Gasteiger partial charge in [-0.2, -0.15) is 5.26 Å². The van der Waals surface area contributed by atoms with Crippen LogP contribution in [0.5, 0.6) is 0 Å². The predicted octanol–water partition coefficient (Wildman–Crippen LogP) is 3.18. The molecule has 0 saturated carbocycles. The highest BCUT2D eigenvalue weighted by atomic mass is 16.6. The molecule has 0 spiro atoms. The number of aliphatic hydroxyl groups excluding tert-OH is 3. The molecule has 1 amide bonds. The summed E-state index contributed by atoms with van der Waals surface area (Å²) in [6.07, 6.45) is -4.76. The SMILES string of the molecule is CCN(CC)c1ccc2cc(-c3ccc(/C(C)=C(\C#N)C(=O)NC[C@H]4OC(O)[C@H](C)[C@@H](O)[C@@H]4O)n3C)ccc2c1. The molecule has 1 aromatic heterocycles. The lowest BCUT2D eigenvalue weighted by atomic mass is 9.92. The second kappa shape index (κ2) is 12.2. The van der Waals surface area contributed by atoms with Crippen molar-refractivity contribution in [3.63, 3.8) is 0 Å². The van der Waals surface area contributed by atoms with Crippen LogP contribution in [-0.2, 0) is 16.6 Å². The summed E-state index contributed by atoms with van der Waals surface area (Å²) in [4.78, 5) is 15.3. The lowest BCUT2D eigenvalue weighted by Gasteiger charge is -2.39. The third-order valence-electron chi connectivity index (χ3n) is 7.97. The Balaban J connectivity index is 1.55. The number of hydrogen-bond donors (Lipinski definition) is 4. The van der Waals surface area contributed by atoms with E-state index in [2.05, 4.69) is 60.5 Å². The van der Waals surface area contributed by atoms with Crippen molar-refractivity contribution in [3.8, 4) is 17.3 Å². The molecule has 1 aliphatic rings. The minimum atomic E-state index is -1.28. The van der Waals surface area contributed by atoms with E-state index in [0.717, 1.165) is 35.1 Å². The van der Waals surface area contributed by atoms with E-state index >= 15 is 0 Å². The molecule has 0 bridgehead atoms. The van der Waals surface area contributed by atoms with Gasteiger partial charge < -0.3 is 34.8 Å². The van der Waals surface area contributed by atoms with Gasteiger partial charge in [0, 0.05) is 49.7 Å². The number of rotatable bonds is 8. The Bertz CT molecular complexity index is 1450. The quantitative estimate of drug-likeness (QED) is 0.252. The van der Waals surface area contributed by atoms with Crippen LogP contribution in [-0.4, -0.2) is 70.0 Å². The Morgan fingerprint density at radius 3 is 2.40 bits per heavy atom. The summed E-state index contributed by atoms with van der Waals surface area (Å²) < 4.78 is 7.30. The fraction of sp³-hybridized carbons (Fsp3) is 0.419. The Labute approximate surface area is 234 Å². The number of carbonyl (C=O) groups excluding carboxylic acids is 1. The van der Waals surface area contributed by atoms with Crippen LogP contribution in [0.15, 0.2) is 54.1 Å². The Kier molecular flexibility index (Phi) is 8.96. The number of benzene rings is 2. The van der Waals surface area contributed by atoms with Crippen LogP contribution in [0.4, 0.5) is 5.69 Å². The number of ether oxygens (including phenoxy) is 1. The molecule has 2 heterocycles. The van der Waals surface area contributed by atoms with Crippen LogP contribution in [0.2, 0.25) is 0 Å². The summed E-state index contributed by atoms with van der Waals surface area (Å²) in [5, 5.41) is 45.1. The number of nitriles is 1. The zero-order valence-electron chi connectivity index (χ0n) is 23.6. The van der Waals surface area contributed by atoms with Crippen LogP contribution in [0.3, 0.4) is 0 Å². The molecule has 4 rings (SSSR count). The largest absolute Gasteiger partial charge is 0.390 e. The average molecular weight is 547 g/mol. The van der Waals surface area contributed by atoms with Crippen molar-refractivity contribution in [3.05, 3.63) is 59.8 Å². The first-order valence-electron chi connectivity index (χ1n) is 13.6. The number of hydrogen-bond acceptors (Lipinski definition) is 7. The molecular formula is C31H38N4O5. The fourth-order valence-electron chi connectivity index (χ4n) is 5.32. The second-order valence-electron chi connectivity index (χ2n) is 10.3. The lowest BCUT2D eigenvalue weighted by Crippen LogP contribution is -2.56. The predicted molar refractivity (Wildman–Crippen MR) is 155 cm³/mol. The van der Waals surface area contributed by atoms with Gasteiger partial charge in [-0.05, 0) is 73.0 Å². The van der Waals surface area contributed by atoms with Gasteiger partial charge in [0.1, 0.15) is 23.9 Å². The number of nitrogens with one attached hydrogen (secondary N) is 1. The monoisotopic (exact) mass is 546 g/mol. The van der Waals surface area contributed by atoms with Crippen LogP contribution in [0.25, 0.3) is 27.6 Å². The van der Waals surface area contributed by atoms with Crippen molar-refractivity contribution < 1.29 is 24.9 Å². The van der Waals surface area contributed by atoms with Crippen LogP contribution < -0.4 is 10.2 Å². The molecule has 5 atom stereocenters. The molecule has 2 aromatic carbocycles. The normalized spacial score (nSPS) is 23.4. The number of aliphatic hydroxyl groups is 3. The average Bonchev–Trinajstić information content (AvgIpc) is 3.34. The Morgan fingerprint density at radius 1 is 1.05 bits per heavy atom. The summed E-state index contributed by atoms with van der Waals surface area (Å²) in [7, 11) is 1.89. The molecule has 9 heteroatoms. The standard InChI is InChI=1S/C31H38N4O5/c1-6-35(7-2)23-11-10-20-14-22(9-8-21(20)15-23)26-13-12-25(34(26)5)18(3)24(16-32)30(38)33-17-27-29(37)28(36)19(4)31(39)40-27/h8-15,19,27-29,31,36-37,39H,6-7,17H2,1-5H3,(H,33,38)/b24-18+/t19-,27-,28-,29-,31?/m1/s1. The zero-order chi connectivity index (χ0) is 29.1. The summed E-state index contributed by atoms with van der Waals surface area (Å²) in [5.74, 6) is -1.30. The van der Waals surface area contributed by atoms with E-state index in [4.69, 9.17) is 4.74 Å². The van der Waals surface area contributed by atoms with Crippen molar-refractivity contribution in [2.75, 3.05) is 24.5 Å². The third-order valence-corrected chi connectivity index (χ3v) is 7.97. The summed E-state index contributed by atoms with van der Waals surface area (Å²) >= 11 is 0. The zero-order valence-corrected chi connectivity index (χ0v) is 23.6. The molecule has 4 N–H and O–H groups in total. The summed E-state index contributed by atoms with van der Waals surface area (Å²) in [6.45, 7) is 9.29. The summed E-state index contributed by atoms with van der Waals surface area (Å²) in [6, 6.07) is 18.6. The van der Waals surface area contributed by atoms with Gasteiger partial charge in [0.2, 0.25) is 0 Å². The first kappa shape index (κ1) is 29.3. The first-order valence-corrected chi connectivity index (χ1v) is 13.6. The van der Waals surface area contributed by atoms with Crippen molar-refractivity contribution in [2.45, 2.75) is 52.3 Å². The molecule has 0 radical (unpaired) electrons. The minimum absolute atomic E-state index is 0.0741. The molecule has 40 heavy (non-hydrogen) atoms. The Morgan fingerprint density at radius 2 is 1.73 bits per heavy atom. The number of nitrogens with zero attached hydrogens (tertiary/aromatic N) is 3. The van der Waals surface area contributed by atoms with Crippen molar-refractivity contribution >= 4 is 27.9 Å². The molecule has 1 saturated heterocycles. The van der Waals surface area contributed by atoms with Crippen molar-refractivity contribution in [1.82, 2.24) is 9.88 Å². The minimum Gasteiger partial charge on any atom is -0.390 e. The molecule has 1 fully saturated rings. The molecule has 1 aliphatic heterocycles. The maximum Gasteiger partial charge on any atom is 0.262 e. The van der Waals surface area contributed by atoms with E-state index in [1.165, 1.54) is 5.69 Å². The number of amides is 1. The van der Waals surface area contributed by atoms with Crippen molar-refractivity contribution in [1.29, 1.82) is 5.26 Å². The smallest absolute Gasteiger partial charge is 0.262 e. The molecule has 0 aliphatic carbocycles. The van der Waals surface area contributed by atoms with Crippen molar-refractivity contribution in [2.24, 2.45) is 13.0 Å². The van der Waals surface area contributed by atoms with E-state index in [1.54, 1.807) is 13.8 Å². The third kappa shape index (κ3) is 5.62. The first-order chi connectivity index (χ1) is 19.1. The number of carbonyl (C=O) groups is 1. The van der Waals surface area contributed by atoms with Gasteiger partial charge in [-0.25, -0.2) is 0 Å². The van der Waals surface area contributed by atoms with Gasteiger partial charge in [0.25, 0.3) is 5.91 Å². The maximum absolute atomic E-state index is 13.0. The Hall–Kier alpha value is -3.68. The van der Waals surface area contributed by atoms with Gasteiger partial charge in [-0.15, -0.1) is 0 Å². The molecule has 212 valence electrons. The second-order valence-corrected chi connectivity index (χ2v) is 10.3. The highest BCUT2D eigenvalue weighted by Gasteiger charge is 2.41. The van der Waals surface area contributed by atoms with Gasteiger partial charge in [0.15, 0.2) is 6.29 Å². The fourth-order valence-corrected chi connectivity index (χ4v) is 5.32. The maximum atomic E-state index is 13.0.